The molecule has 2 atom stereocenters. The second-order valence-electron chi connectivity index (χ2n) is 5.08. The topological polar surface area (TPSA) is 43.8 Å². The van der Waals surface area contributed by atoms with E-state index in [0.717, 1.165) is 38.8 Å². The van der Waals surface area contributed by atoms with E-state index in [4.69, 9.17) is 5.11 Å². The largest absolute Gasteiger partial charge is 0.481 e. The summed E-state index contributed by atoms with van der Waals surface area (Å²) in [5.41, 5.74) is 0. The summed E-state index contributed by atoms with van der Waals surface area (Å²) in [6, 6.07) is 0.250. The van der Waals surface area contributed by atoms with Crippen LogP contribution in [0.3, 0.4) is 0 Å². The van der Waals surface area contributed by atoms with E-state index in [0.29, 0.717) is 0 Å². The van der Waals surface area contributed by atoms with E-state index in [1.165, 1.54) is 0 Å². The van der Waals surface area contributed by atoms with Gasteiger partial charge in [0.2, 0.25) is 0 Å². The van der Waals surface area contributed by atoms with Crippen LogP contribution >= 0.6 is 0 Å². The average Bonchev–Trinajstić information content (AvgIpc) is 2.65. The average molecular weight is 228 g/mol. The van der Waals surface area contributed by atoms with Gasteiger partial charge < -0.3 is 14.9 Å². The van der Waals surface area contributed by atoms with Gasteiger partial charge in [-0.05, 0) is 53.5 Å². The SMILES string of the molecule is CN(C)CCCN(C)C1CCCC1C(=O)O. The lowest BCUT2D eigenvalue weighted by molar-refractivity contribution is -0.143. The molecule has 1 N–H and O–H groups in total. The fourth-order valence-corrected chi connectivity index (χ4v) is 2.56. The second-order valence-corrected chi connectivity index (χ2v) is 5.08. The Morgan fingerprint density at radius 1 is 1.25 bits per heavy atom. The molecule has 0 spiro atoms. The zero-order valence-electron chi connectivity index (χ0n) is 10.6. The van der Waals surface area contributed by atoms with E-state index in [-0.39, 0.29) is 12.0 Å². The minimum Gasteiger partial charge on any atom is -0.481 e. The number of rotatable bonds is 6. The van der Waals surface area contributed by atoms with Crippen molar-refractivity contribution < 1.29 is 9.90 Å². The van der Waals surface area contributed by atoms with Crippen LogP contribution in [0, 0.1) is 5.92 Å². The summed E-state index contributed by atoms with van der Waals surface area (Å²) < 4.78 is 0. The third-order valence-electron chi connectivity index (χ3n) is 3.48. The Kier molecular flexibility index (Phi) is 5.22. The lowest BCUT2D eigenvalue weighted by Crippen LogP contribution is -2.39. The van der Waals surface area contributed by atoms with E-state index in [1.54, 1.807) is 0 Å². The monoisotopic (exact) mass is 228 g/mol. The maximum absolute atomic E-state index is 11.1. The Morgan fingerprint density at radius 2 is 1.94 bits per heavy atom. The summed E-state index contributed by atoms with van der Waals surface area (Å²) in [7, 11) is 6.19. The van der Waals surface area contributed by atoms with Crippen molar-refractivity contribution in [2.24, 2.45) is 5.92 Å². The van der Waals surface area contributed by atoms with Crippen molar-refractivity contribution in [2.45, 2.75) is 31.7 Å². The van der Waals surface area contributed by atoms with Crippen LogP contribution in [0.2, 0.25) is 0 Å². The number of nitrogens with zero attached hydrogens (tertiary/aromatic N) is 2. The van der Waals surface area contributed by atoms with Gasteiger partial charge >= 0.3 is 5.97 Å². The fraction of sp³-hybridized carbons (Fsp3) is 0.917. The van der Waals surface area contributed by atoms with Crippen molar-refractivity contribution in [3.8, 4) is 0 Å². The molecule has 0 aromatic rings. The predicted molar refractivity (Wildman–Crippen MR) is 64.6 cm³/mol. The molecule has 0 saturated heterocycles. The van der Waals surface area contributed by atoms with Crippen LogP contribution in [0.5, 0.6) is 0 Å². The van der Waals surface area contributed by atoms with Crippen molar-refractivity contribution in [2.75, 3.05) is 34.2 Å². The zero-order chi connectivity index (χ0) is 12.1. The quantitative estimate of drug-likeness (QED) is 0.740. The molecule has 0 amide bonds. The lowest BCUT2D eigenvalue weighted by Gasteiger charge is -2.28. The minimum absolute atomic E-state index is 0.149. The summed E-state index contributed by atoms with van der Waals surface area (Å²) in [6.45, 7) is 2.06. The predicted octanol–water partition coefficient (Wildman–Crippen LogP) is 1.12. The van der Waals surface area contributed by atoms with Crippen molar-refractivity contribution in [1.29, 1.82) is 0 Å². The highest BCUT2D eigenvalue weighted by atomic mass is 16.4. The third kappa shape index (κ3) is 3.76. The van der Waals surface area contributed by atoms with Crippen LogP contribution < -0.4 is 0 Å². The molecule has 2 unspecified atom stereocenters. The molecule has 0 aromatic carbocycles. The molecule has 94 valence electrons. The number of carboxylic acids is 1. The van der Waals surface area contributed by atoms with Gasteiger partial charge in [0, 0.05) is 6.04 Å². The third-order valence-corrected chi connectivity index (χ3v) is 3.48. The van der Waals surface area contributed by atoms with Crippen molar-refractivity contribution in [3.63, 3.8) is 0 Å². The van der Waals surface area contributed by atoms with Crippen molar-refractivity contribution >= 4 is 5.97 Å². The van der Waals surface area contributed by atoms with E-state index >= 15 is 0 Å². The molecule has 1 fully saturated rings. The highest BCUT2D eigenvalue weighted by Gasteiger charge is 2.34. The molecule has 1 rings (SSSR count). The molecule has 16 heavy (non-hydrogen) atoms. The molecule has 4 heteroatoms. The highest BCUT2D eigenvalue weighted by Crippen LogP contribution is 2.29. The van der Waals surface area contributed by atoms with Crippen LogP contribution in [0.25, 0.3) is 0 Å². The molecule has 0 aromatic heterocycles. The van der Waals surface area contributed by atoms with Gasteiger partial charge in [0.15, 0.2) is 0 Å². The number of carbonyl (C=O) groups is 1. The van der Waals surface area contributed by atoms with Crippen molar-refractivity contribution in [3.05, 3.63) is 0 Å². The summed E-state index contributed by atoms with van der Waals surface area (Å²) in [4.78, 5) is 15.5. The maximum atomic E-state index is 11.1. The normalized spacial score (nSPS) is 25.6. The first kappa shape index (κ1) is 13.5. The Labute approximate surface area is 98.2 Å². The van der Waals surface area contributed by atoms with Crippen molar-refractivity contribution in [1.82, 2.24) is 9.80 Å². The highest BCUT2D eigenvalue weighted by molar-refractivity contribution is 5.71. The number of carboxylic acid groups (broad SMARTS) is 1. The van der Waals surface area contributed by atoms with E-state index in [9.17, 15) is 4.79 Å². The molecule has 0 heterocycles. The first-order valence-corrected chi connectivity index (χ1v) is 6.10. The molecular weight excluding hydrogens is 204 g/mol. The molecule has 0 bridgehead atoms. The van der Waals surface area contributed by atoms with Gasteiger partial charge in [0.1, 0.15) is 0 Å². The molecule has 1 saturated carbocycles. The maximum Gasteiger partial charge on any atom is 0.308 e. The summed E-state index contributed by atoms with van der Waals surface area (Å²) in [6.07, 6.45) is 4.04. The lowest BCUT2D eigenvalue weighted by atomic mass is 10.0. The van der Waals surface area contributed by atoms with Gasteiger partial charge in [-0.3, -0.25) is 4.79 Å². The van der Waals surface area contributed by atoms with Crippen LogP contribution in [0.4, 0.5) is 0 Å². The Balaban J connectivity index is 2.34. The molecule has 0 aliphatic heterocycles. The molecule has 1 aliphatic carbocycles. The van der Waals surface area contributed by atoms with E-state index in [2.05, 4.69) is 30.9 Å². The van der Waals surface area contributed by atoms with Gasteiger partial charge in [-0.25, -0.2) is 0 Å². The Bertz CT molecular complexity index is 231. The van der Waals surface area contributed by atoms with E-state index in [1.807, 2.05) is 0 Å². The fourth-order valence-electron chi connectivity index (χ4n) is 2.56. The molecule has 4 nitrogen and oxygen atoms in total. The van der Waals surface area contributed by atoms with Gasteiger partial charge in [-0.15, -0.1) is 0 Å². The zero-order valence-corrected chi connectivity index (χ0v) is 10.6. The summed E-state index contributed by atoms with van der Waals surface area (Å²) in [5, 5.41) is 9.11. The first-order chi connectivity index (χ1) is 7.52. The minimum atomic E-state index is -0.623. The van der Waals surface area contributed by atoms with Crippen LogP contribution in [0.15, 0.2) is 0 Å². The smallest absolute Gasteiger partial charge is 0.308 e. The Morgan fingerprint density at radius 3 is 2.50 bits per heavy atom. The van der Waals surface area contributed by atoms with Crippen LogP contribution in [-0.4, -0.2) is 61.2 Å². The standard InChI is InChI=1S/C12H24N2O2/c1-13(2)8-5-9-14(3)11-7-4-6-10(11)12(15)16/h10-11H,4-9H2,1-3H3,(H,15,16). The summed E-state index contributed by atoms with van der Waals surface area (Å²) in [5.74, 6) is -0.772. The van der Waals surface area contributed by atoms with Crippen LogP contribution in [0.1, 0.15) is 25.7 Å². The summed E-state index contributed by atoms with van der Waals surface area (Å²) >= 11 is 0. The van der Waals surface area contributed by atoms with Gasteiger partial charge in [-0.2, -0.15) is 0 Å². The van der Waals surface area contributed by atoms with E-state index < -0.39 is 5.97 Å². The molecular formula is C12H24N2O2. The van der Waals surface area contributed by atoms with Gasteiger partial charge in [0.05, 0.1) is 5.92 Å². The van der Waals surface area contributed by atoms with Crippen LogP contribution in [-0.2, 0) is 4.79 Å². The Hall–Kier alpha value is -0.610. The second kappa shape index (κ2) is 6.21. The van der Waals surface area contributed by atoms with Gasteiger partial charge in [0.25, 0.3) is 0 Å². The number of hydrogen-bond donors (Lipinski definition) is 1. The number of hydrogen-bond acceptors (Lipinski definition) is 3. The molecule has 0 radical (unpaired) electrons. The number of aliphatic carboxylic acids is 1. The molecule has 1 aliphatic rings. The van der Waals surface area contributed by atoms with Gasteiger partial charge in [-0.1, -0.05) is 6.42 Å². The first-order valence-electron chi connectivity index (χ1n) is 6.10.